The van der Waals surface area contributed by atoms with E-state index in [9.17, 15) is 4.79 Å². The highest BCUT2D eigenvalue weighted by Crippen LogP contribution is 2.39. The van der Waals surface area contributed by atoms with Gasteiger partial charge in [0.2, 0.25) is 0 Å². The number of rotatable bonds is 4. The van der Waals surface area contributed by atoms with Crippen LogP contribution in [0.5, 0.6) is 0 Å². The van der Waals surface area contributed by atoms with Crippen molar-refractivity contribution in [1.82, 2.24) is 4.90 Å². The van der Waals surface area contributed by atoms with E-state index in [1.165, 1.54) is 25.7 Å². The Balaban J connectivity index is 2.11. The molecule has 0 aromatic rings. The predicted octanol–water partition coefficient (Wildman–Crippen LogP) is 3.01. The first-order valence-electron chi connectivity index (χ1n) is 6.93. The Kier molecular flexibility index (Phi) is 3.68. The minimum atomic E-state index is -0.0409. The van der Waals surface area contributed by atoms with E-state index in [0.29, 0.717) is 11.7 Å². The molecule has 2 fully saturated rings. The minimum absolute atomic E-state index is 0.0409. The molecule has 2 heteroatoms. The quantitative estimate of drug-likeness (QED) is 0.730. The van der Waals surface area contributed by atoms with E-state index >= 15 is 0 Å². The minimum Gasteiger partial charge on any atom is -0.298 e. The van der Waals surface area contributed by atoms with E-state index in [-0.39, 0.29) is 5.54 Å². The third kappa shape index (κ3) is 2.17. The van der Waals surface area contributed by atoms with Crippen LogP contribution in [0.4, 0.5) is 0 Å². The highest BCUT2D eigenvalue weighted by Gasteiger charge is 2.45. The molecule has 2 nitrogen and oxygen atoms in total. The Labute approximate surface area is 99.4 Å². The van der Waals surface area contributed by atoms with Crippen molar-refractivity contribution in [3.8, 4) is 0 Å². The van der Waals surface area contributed by atoms with Gasteiger partial charge in [-0.25, -0.2) is 0 Å². The maximum absolute atomic E-state index is 12.5. The second kappa shape index (κ2) is 4.87. The Morgan fingerprint density at radius 1 is 1.12 bits per heavy atom. The molecule has 16 heavy (non-hydrogen) atoms. The molecule has 0 radical (unpaired) electrons. The van der Waals surface area contributed by atoms with Crippen molar-refractivity contribution < 1.29 is 4.79 Å². The summed E-state index contributed by atoms with van der Waals surface area (Å²) in [4.78, 5) is 15.0. The number of ketones is 1. The number of nitrogens with zero attached hydrogens (tertiary/aromatic N) is 1. The maximum atomic E-state index is 12.5. The van der Waals surface area contributed by atoms with Gasteiger partial charge >= 0.3 is 0 Å². The fourth-order valence-electron chi connectivity index (χ4n) is 3.44. The highest BCUT2D eigenvalue weighted by atomic mass is 16.1. The SMILES string of the molecule is CC(C)CC(=O)C1(N2CCCC2)CCCC1. The first-order valence-corrected chi connectivity index (χ1v) is 6.93. The van der Waals surface area contributed by atoms with Gasteiger partial charge in [-0.3, -0.25) is 9.69 Å². The van der Waals surface area contributed by atoms with E-state index in [4.69, 9.17) is 0 Å². The van der Waals surface area contributed by atoms with Crippen molar-refractivity contribution in [1.29, 1.82) is 0 Å². The Morgan fingerprint density at radius 2 is 1.69 bits per heavy atom. The van der Waals surface area contributed by atoms with Crippen LogP contribution in [-0.2, 0) is 4.79 Å². The van der Waals surface area contributed by atoms with Gasteiger partial charge in [0.1, 0.15) is 0 Å². The summed E-state index contributed by atoms with van der Waals surface area (Å²) in [6, 6.07) is 0. The molecular weight excluding hydrogens is 198 g/mol. The molecule has 0 atom stereocenters. The number of carbonyl (C=O) groups is 1. The second-order valence-electron chi connectivity index (χ2n) is 5.95. The fraction of sp³-hybridized carbons (Fsp3) is 0.929. The zero-order chi connectivity index (χ0) is 11.6. The predicted molar refractivity (Wildman–Crippen MR) is 66.5 cm³/mol. The molecule has 0 N–H and O–H groups in total. The van der Waals surface area contributed by atoms with Crippen LogP contribution in [0.2, 0.25) is 0 Å². The topological polar surface area (TPSA) is 20.3 Å². The summed E-state index contributed by atoms with van der Waals surface area (Å²) in [5.41, 5.74) is -0.0409. The van der Waals surface area contributed by atoms with Crippen LogP contribution in [0, 0.1) is 5.92 Å². The summed E-state index contributed by atoms with van der Waals surface area (Å²) in [6.07, 6.45) is 8.10. The van der Waals surface area contributed by atoms with Gasteiger partial charge in [-0.15, -0.1) is 0 Å². The van der Waals surface area contributed by atoms with Crippen molar-refractivity contribution in [3.63, 3.8) is 0 Å². The third-order valence-corrected chi connectivity index (χ3v) is 4.25. The Bertz CT molecular complexity index is 247. The van der Waals surface area contributed by atoms with Crippen molar-refractivity contribution in [2.24, 2.45) is 5.92 Å². The van der Waals surface area contributed by atoms with E-state index in [1.54, 1.807) is 0 Å². The lowest BCUT2D eigenvalue weighted by molar-refractivity contribution is -0.131. The average molecular weight is 223 g/mol. The van der Waals surface area contributed by atoms with Gasteiger partial charge in [-0.1, -0.05) is 26.7 Å². The number of hydrogen-bond acceptors (Lipinski definition) is 2. The number of hydrogen-bond donors (Lipinski definition) is 0. The summed E-state index contributed by atoms with van der Waals surface area (Å²) < 4.78 is 0. The van der Waals surface area contributed by atoms with Crippen LogP contribution >= 0.6 is 0 Å². The zero-order valence-corrected chi connectivity index (χ0v) is 10.8. The van der Waals surface area contributed by atoms with E-state index in [1.807, 2.05) is 0 Å². The molecule has 1 saturated carbocycles. The Hall–Kier alpha value is -0.370. The molecule has 2 rings (SSSR count). The van der Waals surface area contributed by atoms with Crippen molar-refractivity contribution in [2.75, 3.05) is 13.1 Å². The lowest BCUT2D eigenvalue weighted by Crippen LogP contribution is -2.51. The van der Waals surface area contributed by atoms with E-state index in [2.05, 4.69) is 18.7 Å². The lowest BCUT2D eigenvalue weighted by Gasteiger charge is -2.37. The maximum Gasteiger partial charge on any atom is 0.153 e. The van der Waals surface area contributed by atoms with Crippen molar-refractivity contribution in [2.45, 2.75) is 64.3 Å². The molecule has 92 valence electrons. The summed E-state index contributed by atoms with van der Waals surface area (Å²) in [7, 11) is 0. The van der Waals surface area contributed by atoms with Gasteiger partial charge in [-0.2, -0.15) is 0 Å². The highest BCUT2D eigenvalue weighted by molar-refractivity contribution is 5.89. The molecule has 0 amide bonds. The molecule has 1 saturated heterocycles. The molecule has 0 spiro atoms. The van der Waals surface area contributed by atoms with E-state index in [0.717, 1.165) is 32.4 Å². The van der Waals surface area contributed by atoms with Crippen LogP contribution < -0.4 is 0 Å². The van der Waals surface area contributed by atoms with Gasteiger partial charge in [0.15, 0.2) is 5.78 Å². The number of Topliss-reactive ketones (excluding diaryl/α,β-unsaturated/α-hetero) is 1. The Morgan fingerprint density at radius 3 is 2.19 bits per heavy atom. The summed E-state index contributed by atoms with van der Waals surface area (Å²) in [5.74, 6) is 1.04. The van der Waals surface area contributed by atoms with Crippen LogP contribution in [0.1, 0.15) is 58.8 Å². The summed E-state index contributed by atoms with van der Waals surface area (Å²) in [6.45, 7) is 6.63. The van der Waals surface area contributed by atoms with Gasteiger partial charge < -0.3 is 0 Å². The second-order valence-corrected chi connectivity index (χ2v) is 5.95. The largest absolute Gasteiger partial charge is 0.298 e. The van der Waals surface area contributed by atoms with Gasteiger partial charge in [0.25, 0.3) is 0 Å². The van der Waals surface area contributed by atoms with Gasteiger partial charge in [0.05, 0.1) is 5.54 Å². The van der Waals surface area contributed by atoms with Crippen LogP contribution in [0.3, 0.4) is 0 Å². The molecule has 1 aliphatic carbocycles. The monoisotopic (exact) mass is 223 g/mol. The van der Waals surface area contributed by atoms with Crippen LogP contribution in [0.25, 0.3) is 0 Å². The van der Waals surface area contributed by atoms with Crippen molar-refractivity contribution in [3.05, 3.63) is 0 Å². The standard InChI is InChI=1S/C14H25NO/c1-12(2)11-13(16)14(7-3-4-8-14)15-9-5-6-10-15/h12H,3-11H2,1-2H3. The number of likely N-dealkylation sites (tertiary alicyclic amines) is 1. The normalized spacial score (nSPS) is 25.4. The molecular formula is C14H25NO. The van der Waals surface area contributed by atoms with Crippen LogP contribution in [-0.4, -0.2) is 29.3 Å². The average Bonchev–Trinajstić information content (AvgIpc) is 2.88. The third-order valence-electron chi connectivity index (χ3n) is 4.25. The first-order chi connectivity index (χ1) is 7.65. The lowest BCUT2D eigenvalue weighted by atomic mass is 9.85. The molecule has 0 unspecified atom stereocenters. The molecule has 0 aromatic carbocycles. The molecule has 0 bridgehead atoms. The summed E-state index contributed by atoms with van der Waals surface area (Å²) >= 11 is 0. The summed E-state index contributed by atoms with van der Waals surface area (Å²) in [5, 5.41) is 0. The smallest absolute Gasteiger partial charge is 0.153 e. The molecule has 1 heterocycles. The van der Waals surface area contributed by atoms with Crippen molar-refractivity contribution >= 4 is 5.78 Å². The van der Waals surface area contributed by atoms with E-state index < -0.39 is 0 Å². The van der Waals surface area contributed by atoms with Crippen LogP contribution in [0.15, 0.2) is 0 Å². The fourth-order valence-corrected chi connectivity index (χ4v) is 3.44. The molecule has 1 aliphatic heterocycles. The van der Waals surface area contributed by atoms with Gasteiger partial charge in [0, 0.05) is 6.42 Å². The van der Waals surface area contributed by atoms with Gasteiger partial charge in [-0.05, 0) is 44.7 Å². The molecule has 0 aromatic heterocycles. The zero-order valence-electron chi connectivity index (χ0n) is 10.8. The first kappa shape index (κ1) is 12.1. The number of carbonyl (C=O) groups excluding carboxylic acids is 1. The molecule has 2 aliphatic rings.